The van der Waals surface area contributed by atoms with E-state index in [1.165, 1.54) is 11.0 Å². The van der Waals surface area contributed by atoms with Crippen LogP contribution >= 0.6 is 11.6 Å². The van der Waals surface area contributed by atoms with E-state index < -0.39 is 33.4 Å². The summed E-state index contributed by atoms with van der Waals surface area (Å²) >= 11 is 5.95. The molecule has 1 atom stereocenters. The lowest BCUT2D eigenvalue weighted by Gasteiger charge is -2.25. The second-order valence-electron chi connectivity index (χ2n) is 8.43. The number of rotatable bonds is 5. The van der Waals surface area contributed by atoms with E-state index in [4.69, 9.17) is 21.9 Å². The van der Waals surface area contributed by atoms with E-state index in [0.717, 1.165) is 25.3 Å². The van der Waals surface area contributed by atoms with Crippen LogP contribution in [0.5, 0.6) is 0 Å². The number of anilines is 2. The van der Waals surface area contributed by atoms with Crippen molar-refractivity contribution in [3.63, 3.8) is 0 Å². The van der Waals surface area contributed by atoms with Gasteiger partial charge in [-0.05, 0) is 49.1 Å². The fourth-order valence-electron chi connectivity index (χ4n) is 3.95. The third-order valence-corrected chi connectivity index (χ3v) is 8.06. The SMILES string of the molecule is N[C@H]1CS(=O)(=O)c2cc(F)c(-c3noc(NC4CCC4)n3)cc2N(Cc2ccc(Cl)cc2)C1=O. The number of fused-ring (bicyclic) bond motifs is 1. The Kier molecular flexibility index (Phi) is 5.78. The van der Waals surface area contributed by atoms with Gasteiger partial charge in [0.15, 0.2) is 9.84 Å². The topological polar surface area (TPSA) is 131 Å². The zero-order valence-corrected chi connectivity index (χ0v) is 19.4. The molecular weight excluding hydrogens is 485 g/mol. The molecule has 2 aliphatic rings. The highest BCUT2D eigenvalue weighted by Crippen LogP contribution is 2.37. The number of amides is 1. The molecule has 1 aromatic heterocycles. The first-order valence-corrected chi connectivity index (χ1v) is 12.7. The highest BCUT2D eigenvalue weighted by Gasteiger charge is 2.37. The van der Waals surface area contributed by atoms with Crippen LogP contribution < -0.4 is 16.0 Å². The molecule has 1 aliphatic heterocycles. The number of hydrogen-bond donors (Lipinski definition) is 2. The maximum atomic E-state index is 15.1. The van der Waals surface area contributed by atoms with E-state index in [0.29, 0.717) is 10.6 Å². The number of nitrogens with one attached hydrogen (secondary N) is 1. The van der Waals surface area contributed by atoms with Gasteiger partial charge >= 0.3 is 6.01 Å². The van der Waals surface area contributed by atoms with Crippen LogP contribution in [-0.2, 0) is 21.2 Å². The Morgan fingerprint density at radius 3 is 2.65 bits per heavy atom. The predicted octanol–water partition coefficient (Wildman–Crippen LogP) is 3.14. The number of sulfone groups is 1. The van der Waals surface area contributed by atoms with Crippen LogP contribution in [0.4, 0.5) is 16.1 Å². The molecule has 1 aliphatic carbocycles. The van der Waals surface area contributed by atoms with Gasteiger partial charge < -0.3 is 20.5 Å². The molecule has 2 aromatic carbocycles. The molecule has 0 bridgehead atoms. The first-order valence-electron chi connectivity index (χ1n) is 10.7. The van der Waals surface area contributed by atoms with E-state index >= 15 is 4.39 Å². The van der Waals surface area contributed by atoms with Crippen LogP contribution in [-0.4, -0.2) is 42.3 Å². The Bertz CT molecular complexity index is 1360. The second kappa shape index (κ2) is 8.64. The van der Waals surface area contributed by atoms with Crippen LogP contribution in [0, 0.1) is 5.82 Å². The van der Waals surface area contributed by atoms with Crippen LogP contribution in [0.15, 0.2) is 45.8 Å². The Hall–Kier alpha value is -3.02. The quantitative estimate of drug-likeness (QED) is 0.540. The summed E-state index contributed by atoms with van der Waals surface area (Å²) in [6.07, 6.45) is 3.06. The molecule has 178 valence electrons. The molecule has 1 amide bonds. The molecule has 12 heteroatoms. The molecule has 0 spiro atoms. The number of benzene rings is 2. The van der Waals surface area contributed by atoms with Crippen LogP contribution in [0.3, 0.4) is 0 Å². The maximum Gasteiger partial charge on any atom is 0.322 e. The fraction of sp³-hybridized carbons (Fsp3) is 0.318. The third-order valence-electron chi connectivity index (χ3n) is 6.01. The van der Waals surface area contributed by atoms with Crippen molar-refractivity contribution in [3.05, 3.63) is 52.8 Å². The van der Waals surface area contributed by atoms with Crippen molar-refractivity contribution in [1.29, 1.82) is 0 Å². The van der Waals surface area contributed by atoms with E-state index in [9.17, 15) is 13.2 Å². The normalized spacial score (nSPS) is 19.9. The first kappa shape index (κ1) is 22.8. The van der Waals surface area contributed by atoms with E-state index in [1.54, 1.807) is 24.3 Å². The zero-order valence-electron chi connectivity index (χ0n) is 17.9. The van der Waals surface area contributed by atoms with Crippen LogP contribution in [0.1, 0.15) is 24.8 Å². The largest absolute Gasteiger partial charge is 0.335 e. The van der Waals surface area contributed by atoms with Gasteiger partial charge in [-0.15, -0.1) is 0 Å². The highest BCUT2D eigenvalue weighted by atomic mass is 35.5. The summed E-state index contributed by atoms with van der Waals surface area (Å²) in [6, 6.07) is 7.94. The summed E-state index contributed by atoms with van der Waals surface area (Å²) in [4.78, 5) is 18.2. The molecule has 1 saturated carbocycles. The predicted molar refractivity (Wildman–Crippen MR) is 124 cm³/mol. The van der Waals surface area contributed by atoms with Crippen molar-refractivity contribution in [3.8, 4) is 11.4 Å². The van der Waals surface area contributed by atoms with Crippen molar-refractivity contribution in [2.45, 2.75) is 42.8 Å². The minimum Gasteiger partial charge on any atom is -0.335 e. The van der Waals surface area contributed by atoms with Gasteiger partial charge in [-0.1, -0.05) is 28.9 Å². The second-order valence-corrected chi connectivity index (χ2v) is 10.9. The fourth-order valence-corrected chi connectivity index (χ4v) is 5.64. The number of aromatic nitrogens is 2. The summed E-state index contributed by atoms with van der Waals surface area (Å²) < 4.78 is 46.2. The van der Waals surface area contributed by atoms with Crippen molar-refractivity contribution >= 4 is 39.0 Å². The van der Waals surface area contributed by atoms with Crippen LogP contribution in [0.2, 0.25) is 5.02 Å². The minimum atomic E-state index is -4.05. The van der Waals surface area contributed by atoms with Gasteiger partial charge in [0.2, 0.25) is 11.7 Å². The standard InChI is InChI=1S/C22H21ClFN5O4S/c23-13-6-4-12(5-7-13)10-29-18-8-15(20-27-22(33-28-20)26-14-2-1-3-14)16(24)9-19(18)34(31,32)11-17(25)21(29)30/h4-9,14,17H,1-3,10-11,25H2,(H,26,27,28)/t17-/m0/s1. The average molecular weight is 506 g/mol. The minimum absolute atomic E-state index is 0.00241. The monoisotopic (exact) mass is 505 g/mol. The van der Waals surface area contributed by atoms with E-state index in [2.05, 4.69) is 15.5 Å². The van der Waals surface area contributed by atoms with Crippen molar-refractivity contribution in [1.82, 2.24) is 10.1 Å². The first-order chi connectivity index (χ1) is 16.2. The number of carbonyl (C=O) groups is 1. The number of carbonyl (C=O) groups excluding carboxylic acids is 1. The molecule has 2 heterocycles. The molecule has 34 heavy (non-hydrogen) atoms. The molecule has 5 rings (SSSR count). The van der Waals surface area contributed by atoms with Crippen molar-refractivity contribution in [2.75, 3.05) is 16.0 Å². The molecule has 0 saturated heterocycles. The number of nitrogens with two attached hydrogens (primary N) is 1. The van der Waals surface area contributed by atoms with E-state index in [1.807, 2.05) is 0 Å². The Labute approximate surface area is 200 Å². The summed E-state index contributed by atoms with van der Waals surface area (Å²) in [5.74, 6) is -2.15. The van der Waals surface area contributed by atoms with Gasteiger partial charge in [-0.3, -0.25) is 4.79 Å². The number of hydrogen-bond acceptors (Lipinski definition) is 8. The number of halogens is 2. The van der Waals surface area contributed by atoms with E-state index in [-0.39, 0.29) is 40.6 Å². The summed E-state index contributed by atoms with van der Waals surface area (Å²) in [5, 5.41) is 7.43. The Morgan fingerprint density at radius 2 is 1.97 bits per heavy atom. The lowest BCUT2D eigenvalue weighted by Crippen LogP contribution is -2.45. The van der Waals surface area contributed by atoms with Crippen molar-refractivity contribution in [2.24, 2.45) is 5.73 Å². The molecule has 0 radical (unpaired) electrons. The molecule has 3 N–H and O–H groups in total. The lowest BCUT2D eigenvalue weighted by atomic mass is 9.93. The van der Waals surface area contributed by atoms with Gasteiger partial charge in [-0.25, -0.2) is 12.8 Å². The van der Waals surface area contributed by atoms with Gasteiger partial charge in [0.1, 0.15) is 5.82 Å². The zero-order chi connectivity index (χ0) is 24.0. The number of nitrogens with zero attached hydrogens (tertiary/aromatic N) is 3. The third kappa shape index (κ3) is 4.26. The molecular formula is C22H21ClFN5O4S. The smallest absolute Gasteiger partial charge is 0.322 e. The molecule has 3 aromatic rings. The van der Waals surface area contributed by atoms with Gasteiger partial charge in [0.25, 0.3) is 0 Å². The maximum absolute atomic E-state index is 15.1. The highest BCUT2D eigenvalue weighted by molar-refractivity contribution is 7.91. The summed E-state index contributed by atoms with van der Waals surface area (Å²) in [5.41, 5.74) is 6.52. The molecule has 1 fully saturated rings. The Morgan fingerprint density at radius 1 is 1.24 bits per heavy atom. The summed E-state index contributed by atoms with van der Waals surface area (Å²) in [6.45, 7) is 0.0119. The van der Waals surface area contributed by atoms with Crippen molar-refractivity contribution < 1.29 is 22.1 Å². The van der Waals surface area contributed by atoms with Gasteiger partial charge in [-0.2, -0.15) is 4.98 Å². The molecule has 0 unspecified atom stereocenters. The summed E-state index contributed by atoms with van der Waals surface area (Å²) in [7, 11) is -4.05. The Balaban J connectivity index is 1.59. The average Bonchev–Trinajstić information content (AvgIpc) is 3.21. The van der Waals surface area contributed by atoms with Gasteiger partial charge in [0, 0.05) is 11.1 Å². The lowest BCUT2D eigenvalue weighted by molar-refractivity contribution is -0.119. The molecule has 9 nitrogen and oxygen atoms in total. The van der Waals surface area contributed by atoms with Crippen LogP contribution in [0.25, 0.3) is 11.4 Å². The van der Waals surface area contributed by atoms with Gasteiger partial charge in [0.05, 0.1) is 34.5 Å².